The van der Waals surface area contributed by atoms with E-state index in [0.717, 1.165) is 22.1 Å². The quantitative estimate of drug-likeness (QED) is 0.266. The van der Waals surface area contributed by atoms with Crippen LogP contribution in [0, 0.1) is 5.82 Å². The minimum atomic E-state index is -5.08. The third kappa shape index (κ3) is 6.49. The van der Waals surface area contributed by atoms with Crippen LogP contribution in [0.15, 0.2) is 85.5 Å². The third-order valence-electron chi connectivity index (χ3n) is 5.18. The number of anilines is 3. The molecule has 0 spiro atoms. The van der Waals surface area contributed by atoms with Gasteiger partial charge in [-0.2, -0.15) is 17.9 Å². The van der Waals surface area contributed by atoms with E-state index in [9.17, 15) is 22.4 Å². The van der Waals surface area contributed by atoms with Gasteiger partial charge in [0.25, 0.3) is 5.91 Å². The minimum absolute atomic E-state index is 0.301. The van der Waals surface area contributed by atoms with Crippen molar-refractivity contribution < 1.29 is 32.3 Å². The Morgan fingerprint density at radius 2 is 1.59 bits per heavy atom. The number of pyridine rings is 1. The van der Waals surface area contributed by atoms with Crippen molar-refractivity contribution in [3.8, 4) is 5.69 Å². The molecule has 0 aliphatic carbocycles. The maximum absolute atomic E-state index is 13.2. The first kappa shape index (κ1) is 26.7. The Morgan fingerprint density at radius 1 is 0.897 bits per heavy atom. The second-order valence-corrected chi connectivity index (χ2v) is 7.74. The van der Waals surface area contributed by atoms with Crippen molar-refractivity contribution in [2.75, 3.05) is 10.6 Å². The summed E-state index contributed by atoms with van der Waals surface area (Å²) < 4.78 is 46.4. The minimum Gasteiger partial charge on any atom is -0.475 e. The highest BCUT2D eigenvalue weighted by Crippen LogP contribution is 2.32. The van der Waals surface area contributed by atoms with Gasteiger partial charge in [-0.15, -0.1) is 5.10 Å². The van der Waals surface area contributed by atoms with Crippen LogP contribution in [0.1, 0.15) is 10.4 Å². The van der Waals surface area contributed by atoms with Crippen LogP contribution in [0.25, 0.3) is 16.5 Å². The maximum Gasteiger partial charge on any atom is 0.490 e. The van der Waals surface area contributed by atoms with Crippen molar-refractivity contribution in [1.82, 2.24) is 25.2 Å². The second-order valence-electron chi connectivity index (χ2n) is 7.74. The van der Waals surface area contributed by atoms with Crippen LogP contribution in [-0.2, 0) is 4.79 Å². The molecule has 0 aliphatic rings. The zero-order valence-corrected chi connectivity index (χ0v) is 19.6. The summed E-state index contributed by atoms with van der Waals surface area (Å²) in [7, 11) is 0. The van der Waals surface area contributed by atoms with E-state index in [1.54, 1.807) is 48.8 Å². The van der Waals surface area contributed by atoms with Crippen molar-refractivity contribution in [2.45, 2.75) is 6.18 Å². The van der Waals surface area contributed by atoms with Gasteiger partial charge >= 0.3 is 12.1 Å². The van der Waals surface area contributed by atoms with E-state index in [0.29, 0.717) is 16.9 Å². The zero-order valence-electron chi connectivity index (χ0n) is 19.6. The van der Waals surface area contributed by atoms with Crippen LogP contribution in [0.2, 0.25) is 0 Å². The molecular weight excluding hydrogens is 522 g/mol. The Balaban J connectivity index is 0.000000448. The van der Waals surface area contributed by atoms with E-state index in [4.69, 9.17) is 9.90 Å². The highest BCUT2D eigenvalue weighted by atomic mass is 19.4. The van der Waals surface area contributed by atoms with Crippen LogP contribution in [0.4, 0.5) is 34.6 Å². The summed E-state index contributed by atoms with van der Waals surface area (Å²) in [5, 5.41) is 26.1. The molecule has 5 rings (SSSR count). The number of hydrogen-bond acceptors (Lipinski definition) is 7. The van der Waals surface area contributed by atoms with Gasteiger partial charge in [0.1, 0.15) is 12.1 Å². The summed E-state index contributed by atoms with van der Waals surface area (Å²) in [6.07, 6.45) is -0.286. The summed E-state index contributed by atoms with van der Waals surface area (Å²) in [4.78, 5) is 26.2. The molecule has 3 N–H and O–H groups in total. The van der Waals surface area contributed by atoms with Crippen molar-refractivity contribution in [1.29, 1.82) is 0 Å². The van der Waals surface area contributed by atoms with Gasteiger partial charge in [-0.05, 0) is 65.0 Å². The SMILES string of the molecule is O=C(Nc1ccc(Nc2ccc(F)cc2)c2ccncc12)c1ccccc1-n1cnnn1.O=C(O)C(F)(F)F. The highest BCUT2D eigenvalue weighted by molar-refractivity contribution is 6.12. The predicted octanol–water partition coefficient (Wildman–Crippen LogP) is 4.98. The van der Waals surface area contributed by atoms with E-state index in [1.807, 2.05) is 18.2 Å². The van der Waals surface area contributed by atoms with Crippen LogP contribution in [0.3, 0.4) is 0 Å². The average Bonchev–Trinajstić information content (AvgIpc) is 3.46. The summed E-state index contributed by atoms with van der Waals surface area (Å²) in [6, 6.07) is 18.7. The number of amides is 1. The number of nitrogens with zero attached hydrogens (tertiary/aromatic N) is 5. The maximum atomic E-state index is 13.2. The first-order valence-electron chi connectivity index (χ1n) is 11.0. The molecular formula is C25H17F4N7O3. The first-order chi connectivity index (χ1) is 18.6. The fraction of sp³-hybridized carbons (Fsp3) is 0.0400. The number of halogens is 4. The number of fused-ring (bicyclic) bond motifs is 1. The summed E-state index contributed by atoms with van der Waals surface area (Å²) in [5.74, 6) is -3.36. The molecule has 0 aliphatic heterocycles. The van der Waals surface area contributed by atoms with Gasteiger partial charge in [0.15, 0.2) is 0 Å². The average molecular weight is 539 g/mol. The second kappa shape index (κ2) is 11.3. The topological polar surface area (TPSA) is 135 Å². The van der Waals surface area contributed by atoms with Crippen LogP contribution in [0.5, 0.6) is 0 Å². The third-order valence-corrected chi connectivity index (χ3v) is 5.18. The molecule has 0 saturated heterocycles. The van der Waals surface area contributed by atoms with E-state index in [-0.39, 0.29) is 11.7 Å². The number of aliphatic carboxylic acids is 1. The van der Waals surface area contributed by atoms with Gasteiger partial charge in [0.2, 0.25) is 0 Å². The Hall–Kier alpha value is -5.40. The zero-order chi connectivity index (χ0) is 28.0. The molecule has 5 aromatic rings. The van der Waals surface area contributed by atoms with Crippen molar-refractivity contribution in [3.05, 3.63) is 96.8 Å². The summed E-state index contributed by atoms with van der Waals surface area (Å²) in [5.41, 5.74) is 3.14. The number of benzene rings is 3. The van der Waals surface area contributed by atoms with Crippen LogP contribution >= 0.6 is 0 Å². The largest absolute Gasteiger partial charge is 0.490 e. The number of alkyl halides is 3. The molecule has 1 amide bonds. The predicted molar refractivity (Wildman–Crippen MR) is 132 cm³/mol. The Kier molecular flexibility index (Phi) is 7.74. The number of aromatic nitrogens is 5. The lowest BCUT2D eigenvalue weighted by molar-refractivity contribution is -0.192. The van der Waals surface area contributed by atoms with E-state index >= 15 is 0 Å². The van der Waals surface area contributed by atoms with Gasteiger partial charge in [-0.1, -0.05) is 12.1 Å². The number of hydrogen-bond donors (Lipinski definition) is 3. The van der Waals surface area contributed by atoms with Crippen LogP contribution < -0.4 is 10.6 Å². The number of tetrazole rings is 1. The summed E-state index contributed by atoms with van der Waals surface area (Å²) >= 11 is 0. The van der Waals surface area contributed by atoms with Gasteiger partial charge in [0.05, 0.1) is 16.9 Å². The van der Waals surface area contributed by atoms with Gasteiger partial charge in [-0.3, -0.25) is 9.78 Å². The lowest BCUT2D eigenvalue weighted by atomic mass is 10.1. The Labute approximate surface area is 216 Å². The molecule has 0 saturated carbocycles. The number of nitrogens with one attached hydrogen (secondary N) is 2. The molecule has 0 fully saturated rings. The Morgan fingerprint density at radius 3 is 2.26 bits per heavy atom. The number of para-hydroxylation sites is 1. The molecule has 3 aromatic carbocycles. The van der Waals surface area contributed by atoms with Gasteiger partial charge in [-0.25, -0.2) is 9.18 Å². The smallest absolute Gasteiger partial charge is 0.475 e. The van der Waals surface area contributed by atoms with Crippen molar-refractivity contribution >= 4 is 39.7 Å². The van der Waals surface area contributed by atoms with Gasteiger partial charge in [0, 0.05) is 34.5 Å². The molecule has 0 radical (unpaired) electrons. The highest BCUT2D eigenvalue weighted by Gasteiger charge is 2.38. The number of carbonyl (C=O) groups is 2. The van der Waals surface area contributed by atoms with E-state index in [2.05, 4.69) is 31.1 Å². The number of carboxylic acid groups (broad SMARTS) is 1. The fourth-order valence-corrected chi connectivity index (χ4v) is 3.42. The molecule has 39 heavy (non-hydrogen) atoms. The molecule has 2 aromatic heterocycles. The Bertz CT molecular complexity index is 1610. The number of carbonyl (C=O) groups excluding carboxylic acids is 1. The van der Waals surface area contributed by atoms with E-state index < -0.39 is 12.1 Å². The monoisotopic (exact) mass is 539 g/mol. The molecule has 2 heterocycles. The van der Waals surface area contributed by atoms with Gasteiger partial charge < -0.3 is 15.7 Å². The number of rotatable bonds is 5. The number of carboxylic acids is 1. The van der Waals surface area contributed by atoms with E-state index in [1.165, 1.54) is 23.1 Å². The lowest BCUT2D eigenvalue weighted by Crippen LogP contribution is -2.21. The molecule has 0 bridgehead atoms. The fourth-order valence-electron chi connectivity index (χ4n) is 3.42. The van der Waals surface area contributed by atoms with Crippen molar-refractivity contribution in [3.63, 3.8) is 0 Å². The molecule has 198 valence electrons. The van der Waals surface area contributed by atoms with Crippen LogP contribution in [-0.4, -0.2) is 48.4 Å². The first-order valence-corrected chi connectivity index (χ1v) is 11.0. The normalized spacial score (nSPS) is 10.9. The van der Waals surface area contributed by atoms with Crippen molar-refractivity contribution in [2.24, 2.45) is 0 Å². The molecule has 0 atom stereocenters. The molecule has 10 nitrogen and oxygen atoms in total. The molecule has 0 unspecified atom stereocenters. The lowest BCUT2D eigenvalue weighted by Gasteiger charge is -2.14. The molecule has 14 heteroatoms. The summed E-state index contributed by atoms with van der Waals surface area (Å²) in [6.45, 7) is 0. The standard InChI is InChI=1S/C23H16FN7O.C2HF3O2/c24-15-5-7-16(8-6-15)27-20-9-10-21(19-13-25-12-11-17(19)20)28-23(32)18-3-1-2-4-22(18)31-14-26-29-30-31;3-2(4,5)1(6)7/h1-14,27H,(H,28,32);(H,6,7).